The normalized spacial score (nSPS) is 12.4. The monoisotopic (exact) mass is 310 g/mol. The molecule has 0 fully saturated rings. The van der Waals surface area contributed by atoms with Crippen LogP contribution >= 0.6 is 0 Å². The number of sulfonamides is 1. The average Bonchev–Trinajstić information content (AvgIpc) is 2.25. The number of carboxylic acids is 1. The predicted molar refractivity (Wildman–Crippen MR) is 72.7 cm³/mol. The molecule has 0 atom stereocenters. The second kappa shape index (κ2) is 7.55. The third kappa shape index (κ3) is 8.08. The molecular formula is C11H22N2O6S. The van der Waals surface area contributed by atoms with Gasteiger partial charge < -0.3 is 15.2 Å². The van der Waals surface area contributed by atoms with Crippen LogP contribution in [0, 0.1) is 0 Å². The first-order valence-corrected chi connectivity index (χ1v) is 7.75. The highest BCUT2D eigenvalue weighted by molar-refractivity contribution is 7.89. The number of carboxylic acid groups (broad SMARTS) is 1. The molecule has 20 heavy (non-hydrogen) atoms. The molecule has 9 heteroatoms. The molecule has 0 spiro atoms. The first kappa shape index (κ1) is 18.8. The molecule has 118 valence electrons. The van der Waals surface area contributed by atoms with Gasteiger partial charge >= 0.3 is 5.97 Å². The van der Waals surface area contributed by atoms with Gasteiger partial charge in [0.1, 0.15) is 5.54 Å². The van der Waals surface area contributed by atoms with E-state index < -0.39 is 34.0 Å². The van der Waals surface area contributed by atoms with Gasteiger partial charge in [0.15, 0.2) is 0 Å². The van der Waals surface area contributed by atoms with Gasteiger partial charge in [0.25, 0.3) is 0 Å². The molecule has 3 N–H and O–H groups in total. The topological polar surface area (TPSA) is 122 Å². The fraction of sp³-hybridized carbons (Fsp3) is 0.818. The van der Waals surface area contributed by atoms with Crippen molar-refractivity contribution in [3.05, 3.63) is 0 Å². The van der Waals surface area contributed by atoms with E-state index in [9.17, 15) is 18.0 Å². The highest BCUT2D eigenvalue weighted by Crippen LogP contribution is 2.01. The van der Waals surface area contributed by atoms with Crippen molar-refractivity contribution in [3.63, 3.8) is 0 Å². The third-order valence-corrected chi connectivity index (χ3v) is 3.53. The molecule has 0 aromatic carbocycles. The Morgan fingerprint density at radius 2 is 1.85 bits per heavy atom. The van der Waals surface area contributed by atoms with Gasteiger partial charge in [0, 0.05) is 0 Å². The van der Waals surface area contributed by atoms with Crippen LogP contribution in [0.2, 0.25) is 0 Å². The lowest BCUT2D eigenvalue weighted by atomic mass is 10.1. The summed E-state index contributed by atoms with van der Waals surface area (Å²) in [5, 5.41) is 11.0. The number of amides is 1. The third-order valence-electron chi connectivity index (χ3n) is 2.24. The highest BCUT2D eigenvalue weighted by atomic mass is 32.2. The van der Waals surface area contributed by atoms with Crippen LogP contribution in [-0.2, 0) is 24.3 Å². The number of aliphatic carboxylic acids is 1. The van der Waals surface area contributed by atoms with Crippen molar-refractivity contribution in [2.24, 2.45) is 0 Å². The molecule has 1 amide bonds. The van der Waals surface area contributed by atoms with Crippen molar-refractivity contribution in [1.29, 1.82) is 0 Å². The van der Waals surface area contributed by atoms with E-state index in [4.69, 9.17) is 9.84 Å². The van der Waals surface area contributed by atoms with Crippen molar-refractivity contribution in [2.75, 3.05) is 18.9 Å². The number of carbonyl (C=O) groups is 2. The molecule has 0 saturated carbocycles. The molecular weight excluding hydrogens is 288 g/mol. The molecule has 0 aliphatic rings. The van der Waals surface area contributed by atoms with Gasteiger partial charge in [-0.25, -0.2) is 17.9 Å². The summed E-state index contributed by atoms with van der Waals surface area (Å²) in [6.45, 7) is 5.68. The van der Waals surface area contributed by atoms with E-state index >= 15 is 0 Å². The summed E-state index contributed by atoms with van der Waals surface area (Å²) >= 11 is 0. The fourth-order valence-corrected chi connectivity index (χ4v) is 1.90. The van der Waals surface area contributed by atoms with Crippen LogP contribution < -0.4 is 10.0 Å². The predicted octanol–water partition coefficient (Wildman–Crippen LogP) is -0.690. The number of hydrogen-bond donors (Lipinski definition) is 3. The van der Waals surface area contributed by atoms with Crippen LogP contribution in [0.15, 0.2) is 0 Å². The molecule has 0 saturated heterocycles. The molecule has 0 aromatic rings. The van der Waals surface area contributed by atoms with Crippen molar-refractivity contribution in [1.82, 2.24) is 10.0 Å². The van der Waals surface area contributed by atoms with E-state index in [2.05, 4.69) is 10.0 Å². The van der Waals surface area contributed by atoms with Crippen LogP contribution in [-0.4, -0.2) is 55.9 Å². The van der Waals surface area contributed by atoms with E-state index in [-0.39, 0.29) is 18.5 Å². The number of nitrogens with one attached hydrogen (secondary N) is 2. The van der Waals surface area contributed by atoms with Gasteiger partial charge in [-0.3, -0.25) is 4.79 Å². The Balaban J connectivity index is 4.20. The summed E-state index contributed by atoms with van der Waals surface area (Å²) in [4.78, 5) is 22.3. The fourth-order valence-electron chi connectivity index (χ4n) is 1.09. The second-order valence-electron chi connectivity index (χ2n) is 5.04. The molecule has 8 nitrogen and oxygen atoms in total. The van der Waals surface area contributed by atoms with Gasteiger partial charge in [0.2, 0.25) is 15.9 Å². The first-order chi connectivity index (χ1) is 8.96. The zero-order valence-electron chi connectivity index (χ0n) is 12.1. The zero-order valence-corrected chi connectivity index (χ0v) is 12.9. The van der Waals surface area contributed by atoms with E-state index in [1.165, 1.54) is 13.8 Å². The zero-order chi connectivity index (χ0) is 16.0. The molecule has 0 radical (unpaired) electrons. The van der Waals surface area contributed by atoms with Crippen molar-refractivity contribution in [2.45, 2.75) is 39.3 Å². The summed E-state index contributed by atoms with van der Waals surface area (Å²) in [7, 11) is -3.63. The van der Waals surface area contributed by atoms with E-state index in [1.807, 2.05) is 0 Å². The lowest BCUT2D eigenvalue weighted by molar-refractivity contribution is -0.145. The SMILES string of the molecule is CC(C)OCCS(=O)(=O)NCC(=O)NC(C)(C)C(=O)O. The molecule has 0 unspecified atom stereocenters. The maximum atomic E-state index is 11.5. The van der Waals surface area contributed by atoms with Gasteiger partial charge in [-0.15, -0.1) is 0 Å². The number of carbonyl (C=O) groups excluding carboxylic acids is 1. The standard InChI is InChI=1S/C11H22N2O6S/c1-8(2)19-5-6-20(17,18)12-7-9(14)13-11(3,4)10(15)16/h8,12H,5-7H2,1-4H3,(H,13,14)(H,15,16). The van der Waals surface area contributed by atoms with Gasteiger partial charge in [-0.1, -0.05) is 0 Å². The van der Waals surface area contributed by atoms with Crippen LogP contribution in [0.25, 0.3) is 0 Å². The van der Waals surface area contributed by atoms with Crippen LogP contribution in [0.1, 0.15) is 27.7 Å². The van der Waals surface area contributed by atoms with Crippen LogP contribution in [0.4, 0.5) is 0 Å². The molecule has 0 aliphatic heterocycles. The number of ether oxygens (including phenoxy) is 1. The molecule has 0 heterocycles. The lowest BCUT2D eigenvalue weighted by Crippen LogP contribution is -2.52. The Morgan fingerprint density at radius 1 is 1.30 bits per heavy atom. The summed E-state index contributed by atoms with van der Waals surface area (Å²) in [5.41, 5.74) is -1.46. The van der Waals surface area contributed by atoms with Crippen molar-refractivity contribution < 1.29 is 27.9 Å². The molecule has 0 aromatic heterocycles. The van der Waals surface area contributed by atoms with E-state index in [1.54, 1.807) is 13.8 Å². The smallest absolute Gasteiger partial charge is 0.328 e. The summed E-state index contributed by atoms with van der Waals surface area (Å²) in [6.07, 6.45) is -0.0788. The Morgan fingerprint density at radius 3 is 2.30 bits per heavy atom. The van der Waals surface area contributed by atoms with Crippen molar-refractivity contribution >= 4 is 21.9 Å². The minimum atomic E-state index is -3.63. The van der Waals surface area contributed by atoms with E-state index in [0.29, 0.717) is 0 Å². The van der Waals surface area contributed by atoms with Gasteiger partial charge in [0.05, 0.1) is 25.0 Å². The number of rotatable bonds is 9. The molecule has 0 rings (SSSR count). The largest absolute Gasteiger partial charge is 0.480 e. The first-order valence-electron chi connectivity index (χ1n) is 6.09. The Hall–Kier alpha value is -1.19. The van der Waals surface area contributed by atoms with Crippen molar-refractivity contribution in [3.8, 4) is 0 Å². The summed E-state index contributed by atoms with van der Waals surface area (Å²) in [6, 6.07) is 0. The van der Waals surface area contributed by atoms with Gasteiger partial charge in [-0.2, -0.15) is 0 Å². The maximum Gasteiger partial charge on any atom is 0.328 e. The minimum Gasteiger partial charge on any atom is -0.480 e. The maximum absolute atomic E-state index is 11.5. The van der Waals surface area contributed by atoms with Gasteiger partial charge in [-0.05, 0) is 27.7 Å². The lowest BCUT2D eigenvalue weighted by Gasteiger charge is -2.21. The second-order valence-corrected chi connectivity index (χ2v) is 6.96. The summed E-state index contributed by atoms with van der Waals surface area (Å²) in [5.74, 6) is -2.19. The van der Waals surface area contributed by atoms with E-state index in [0.717, 1.165) is 0 Å². The molecule has 0 aliphatic carbocycles. The quantitative estimate of drug-likeness (QED) is 0.518. The van der Waals surface area contributed by atoms with Crippen LogP contribution in [0.5, 0.6) is 0 Å². The van der Waals surface area contributed by atoms with Crippen LogP contribution in [0.3, 0.4) is 0 Å². The Kier molecular flexibility index (Phi) is 7.11. The Labute approximate surface area is 118 Å². The average molecular weight is 310 g/mol. The number of hydrogen-bond acceptors (Lipinski definition) is 5. The molecule has 0 bridgehead atoms. The highest BCUT2D eigenvalue weighted by Gasteiger charge is 2.29. The minimum absolute atomic E-state index is 0.0231. The summed E-state index contributed by atoms with van der Waals surface area (Å²) < 4.78 is 30.2. The Bertz CT molecular complexity index is 444.